The van der Waals surface area contributed by atoms with Crippen molar-refractivity contribution in [3.63, 3.8) is 0 Å². The number of amides is 1. The third-order valence-electron chi connectivity index (χ3n) is 6.82. The predicted molar refractivity (Wildman–Crippen MR) is 137 cm³/mol. The van der Waals surface area contributed by atoms with Crippen molar-refractivity contribution in [2.75, 3.05) is 33.2 Å². The van der Waals surface area contributed by atoms with Gasteiger partial charge in [0.05, 0.1) is 26.7 Å². The fourth-order valence-electron chi connectivity index (χ4n) is 4.09. The van der Waals surface area contributed by atoms with Gasteiger partial charge in [0.2, 0.25) is 5.91 Å². The second kappa shape index (κ2) is 10.6. The van der Waals surface area contributed by atoms with Crippen LogP contribution in [0.1, 0.15) is 58.6 Å². The van der Waals surface area contributed by atoms with Gasteiger partial charge in [-0.3, -0.25) is 4.79 Å². The molecule has 0 aliphatic rings. The molecule has 1 heterocycles. The van der Waals surface area contributed by atoms with Crippen LogP contribution in [0.15, 0.2) is 36.4 Å². The minimum absolute atomic E-state index is 0.0529. The Balaban J connectivity index is 1.73. The maximum Gasteiger partial charge on any atom is 0.220 e. The van der Waals surface area contributed by atoms with Gasteiger partial charge in [-0.15, -0.1) is 15.0 Å². The van der Waals surface area contributed by atoms with Crippen LogP contribution >= 0.6 is 0 Å². The summed E-state index contributed by atoms with van der Waals surface area (Å²) in [6.07, 6.45) is 1.96. The molecule has 1 amide bonds. The van der Waals surface area contributed by atoms with Crippen LogP contribution in [0.5, 0.6) is 5.75 Å². The minimum atomic E-state index is -0.271. The van der Waals surface area contributed by atoms with E-state index in [-0.39, 0.29) is 17.1 Å². The van der Waals surface area contributed by atoms with Crippen molar-refractivity contribution in [2.45, 2.75) is 59.3 Å². The van der Waals surface area contributed by atoms with Crippen LogP contribution < -0.4 is 5.32 Å². The van der Waals surface area contributed by atoms with E-state index in [0.29, 0.717) is 25.1 Å². The molecule has 2 N–H and O–H groups in total. The third-order valence-corrected chi connectivity index (χ3v) is 6.82. The van der Waals surface area contributed by atoms with Crippen molar-refractivity contribution in [1.29, 1.82) is 0 Å². The Morgan fingerprint density at radius 3 is 2.26 bits per heavy atom. The van der Waals surface area contributed by atoms with Crippen molar-refractivity contribution in [3.8, 4) is 11.4 Å². The van der Waals surface area contributed by atoms with E-state index >= 15 is 0 Å². The van der Waals surface area contributed by atoms with E-state index in [1.807, 2.05) is 36.4 Å². The van der Waals surface area contributed by atoms with Crippen molar-refractivity contribution in [3.05, 3.63) is 47.5 Å². The van der Waals surface area contributed by atoms with Crippen LogP contribution in [0.25, 0.3) is 16.7 Å². The maximum atomic E-state index is 12.5. The van der Waals surface area contributed by atoms with Gasteiger partial charge >= 0.3 is 0 Å². The van der Waals surface area contributed by atoms with E-state index in [4.69, 9.17) is 0 Å². The molecule has 0 radical (unpaired) electrons. The number of hydrogen-bond acceptors (Lipinski definition) is 4. The summed E-state index contributed by atoms with van der Waals surface area (Å²) in [6, 6.07) is 11.5. The van der Waals surface area contributed by atoms with Gasteiger partial charge < -0.3 is 14.9 Å². The van der Waals surface area contributed by atoms with Crippen LogP contribution in [0.3, 0.4) is 0 Å². The zero-order valence-corrected chi connectivity index (χ0v) is 21.6. The van der Waals surface area contributed by atoms with E-state index in [2.05, 4.69) is 57.2 Å². The van der Waals surface area contributed by atoms with Gasteiger partial charge in [0.15, 0.2) is 0 Å². The van der Waals surface area contributed by atoms with E-state index in [1.165, 1.54) is 4.80 Å². The zero-order chi connectivity index (χ0) is 24.9. The summed E-state index contributed by atoms with van der Waals surface area (Å²) in [4.78, 5) is 14.0. The number of aryl methyl sites for hydroxylation is 1. The number of aromatic hydroxyl groups is 1. The molecular weight excluding hydrogens is 426 g/mol. The predicted octanol–water partition coefficient (Wildman–Crippen LogP) is 4.35. The highest BCUT2D eigenvalue weighted by molar-refractivity contribution is 5.76. The fraction of sp³-hybridized carbons (Fsp3) is 0.519. The molecule has 0 saturated heterocycles. The average molecular weight is 467 g/mol. The highest BCUT2D eigenvalue weighted by Gasteiger charge is 2.23. The van der Waals surface area contributed by atoms with E-state index < -0.39 is 0 Å². The summed E-state index contributed by atoms with van der Waals surface area (Å²) in [5, 5.41) is 23.2. The van der Waals surface area contributed by atoms with Crippen molar-refractivity contribution in [1.82, 2.24) is 20.3 Å². The first kappa shape index (κ1) is 25.7. The SMILES string of the molecule is CC[N+](C)(CC)CCCNC(=O)CCc1cc(-n2nc3ccccc3n2)c(O)c(C(C)(C)C)c1. The number of phenols is 1. The molecule has 0 saturated carbocycles. The number of hydrogen-bond donors (Lipinski definition) is 2. The molecule has 7 nitrogen and oxygen atoms in total. The molecule has 0 unspecified atom stereocenters. The van der Waals surface area contributed by atoms with Gasteiger partial charge in [0, 0.05) is 24.9 Å². The first-order chi connectivity index (χ1) is 16.1. The van der Waals surface area contributed by atoms with Gasteiger partial charge in [-0.25, -0.2) is 0 Å². The number of quaternary nitrogens is 1. The van der Waals surface area contributed by atoms with Crippen LogP contribution in [-0.2, 0) is 16.6 Å². The average Bonchev–Trinajstić information content (AvgIpc) is 3.24. The van der Waals surface area contributed by atoms with E-state index in [0.717, 1.165) is 52.7 Å². The standard InChI is InChI=1S/C27H39N5O2/c1-7-32(6,8-2)17-11-16-28-25(33)15-14-20-18-21(27(3,4)5)26(34)24(19-20)31-29-22-12-9-10-13-23(22)30-31/h9-10,12-13,18-19H,7-8,11,14-17H2,1-6H3,(H-,28,33,34)/p+1. The lowest BCUT2D eigenvalue weighted by Gasteiger charge is -2.32. The Hall–Kier alpha value is -2.93. The molecule has 0 aliphatic heterocycles. The molecule has 2 aromatic carbocycles. The van der Waals surface area contributed by atoms with Crippen LogP contribution in [0.4, 0.5) is 0 Å². The fourth-order valence-corrected chi connectivity index (χ4v) is 4.09. The van der Waals surface area contributed by atoms with Crippen LogP contribution in [-0.4, -0.2) is 63.7 Å². The number of fused-ring (bicyclic) bond motifs is 1. The Morgan fingerprint density at radius 2 is 1.71 bits per heavy atom. The van der Waals surface area contributed by atoms with E-state index in [1.54, 1.807) is 0 Å². The number of carbonyl (C=O) groups is 1. The van der Waals surface area contributed by atoms with Gasteiger partial charge in [-0.05, 0) is 49.4 Å². The largest absolute Gasteiger partial charge is 0.505 e. The van der Waals surface area contributed by atoms with Gasteiger partial charge in [0.1, 0.15) is 22.5 Å². The molecule has 7 heteroatoms. The topological polar surface area (TPSA) is 80.0 Å². The number of carbonyl (C=O) groups excluding carboxylic acids is 1. The molecule has 3 rings (SSSR count). The third kappa shape index (κ3) is 6.14. The van der Waals surface area contributed by atoms with E-state index in [9.17, 15) is 9.90 Å². The lowest BCUT2D eigenvalue weighted by atomic mass is 9.84. The molecule has 0 fully saturated rings. The van der Waals surface area contributed by atoms with Gasteiger partial charge in [-0.2, -0.15) is 0 Å². The Kier molecular flexibility index (Phi) is 7.97. The maximum absolute atomic E-state index is 12.5. The lowest BCUT2D eigenvalue weighted by Crippen LogP contribution is -2.45. The number of rotatable bonds is 10. The molecule has 184 valence electrons. The molecule has 34 heavy (non-hydrogen) atoms. The summed E-state index contributed by atoms with van der Waals surface area (Å²) in [6.45, 7) is 14.6. The molecule has 0 atom stereocenters. The van der Waals surface area contributed by atoms with Gasteiger partial charge in [-0.1, -0.05) is 39.0 Å². The quantitative estimate of drug-likeness (QED) is 0.344. The summed E-state index contributed by atoms with van der Waals surface area (Å²) in [5.74, 6) is 0.228. The lowest BCUT2D eigenvalue weighted by molar-refractivity contribution is -0.906. The summed E-state index contributed by atoms with van der Waals surface area (Å²) < 4.78 is 1.03. The van der Waals surface area contributed by atoms with Crippen LogP contribution in [0, 0.1) is 0 Å². The Morgan fingerprint density at radius 1 is 1.09 bits per heavy atom. The number of nitrogens with zero attached hydrogens (tertiary/aromatic N) is 4. The number of phenolic OH excluding ortho intramolecular Hbond substituents is 1. The van der Waals surface area contributed by atoms with Crippen LogP contribution in [0.2, 0.25) is 0 Å². The van der Waals surface area contributed by atoms with Crippen molar-refractivity contribution < 1.29 is 14.4 Å². The number of benzene rings is 2. The molecule has 0 bridgehead atoms. The summed E-state index contributed by atoms with van der Waals surface area (Å²) in [5.41, 5.74) is 3.60. The zero-order valence-electron chi connectivity index (χ0n) is 21.6. The molecule has 3 aromatic rings. The highest BCUT2D eigenvalue weighted by Crippen LogP contribution is 2.36. The Labute approximate surface area is 203 Å². The smallest absolute Gasteiger partial charge is 0.220 e. The minimum Gasteiger partial charge on any atom is -0.505 e. The summed E-state index contributed by atoms with van der Waals surface area (Å²) in [7, 11) is 2.26. The molecule has 1 aromatic heterocycles. The normalized spacial score (nSPS) is 12.3. The second-order valence-electron chi connectivity index (χ2n) is 10.4. The highest BCUT2D eigenvalue weighted by atomic mass is 16.3. The Bertz CT molecular complexity index is 1090. The van der Waals surface area contributed by atoms with Gasteiger partial charge in [0.25, 0.3) is 0 Å². The summed E-state index contributed by atoms with van der Waals surface area (Å²) >= 11 is 0. The van der Waals surface area contributed by atoms with Crippen molar-refractivity contribution in [2.24, 2.45) is 0 Å². The first-order valence-electron chi connectivity index (χ1n) is 12.4. The molecule has 0 aliphatic carbocycles. The number of aromatic nitrogens is 3. The second-order valence-corrected chi connectivity index (χ2v) is 10.4. The molecular formula is C27H40N5O2+. The number of nitrogens with one attached hydrogen (secondary N) is 1. The van der Waals surface area contributed by atoms with Crippen molar-refractivity contribution >= 4 is 16.9 Å². The first-order valence-corrected chi connectivity index (χ1v) is 12.4. The monoisotopic (exact) mass is 466 g/mol. The molecule has 0 spiro atoms.